The lowest BCUT2D eigenvalue weighted by molar-refractivity contribution is 0.0948. The molecule has 1 amide bonds. The summed E-state index contributed by atoms with van der Waals surface area (Å²) in [4.78, 5) is 11.8. The standard InChI is InChI=1S/C12H18N2O2/c1-8(6-13)7-14-12(16)11-4-3-10(15)5-9(11)2/h3-5,8,15H,6-7,13H2,1-2H3,(H,14,16). The molecule has 0 aliphatic carbocycles. The molecule has 1 unspecified atom stereocenters. The van der Waals surface area contributed by atoms with Crippen LogP contribution in [0.1, 0.15) is 22.8 Å². The highest BCUT2D eigenvalue weighted by Gasteiger charge is 2.09. The highest BCUT2D eigenvalue weighted by atomic mass is 16.3. The first-order chi connectivity index (χ1) is 7.54. The number of amides is 1. The number of aryl methyl sites for hydroxylation is 1. The summed E-state index contributed by atoms with van der Waals surface area (Å²) in [5.41, 5.74) is 6.81. The van der Waals surface area contributed by atoms with Gasteiger partial charge in [-0.05, 0) is 43.1 Å². The fourth-order valence-corrected chi connectivity index (χ4v) is 1.35. The minimum absolute atomic E-state index is 0.127. The number of phenols is 1. The maximum Gasteiger partial charge on any atom is 0.251 e. The number of benzene rings is 1. The Hall–Kier alpha value is -1.55. The predicted molar refractivity (Wildman–Crippen MR) is 63.4 cm³/mol. The molecule has 4 N–H and O–H groups in total. The third kappa shape index (κ3) is 3.24. The van der Waals surface area contributed by atoms with E-state index in [1.54, 1.807) is 19.1 Å². The van der Waals surface area contributed by atoms with Gasteiger partial charge in [0.2, 0.25) is 0 Å². The zero-order valence-electron chi connectivity index (χ0n) is 9.66. The molecule has 0 spiro atoms. The Morgan fingerprint density at radius 1 is 1.56 bits per heavy atom. The van der Waals surface area contributed by atoms with E-state index in [0.29, 0.717) is 18.7 Å². The molecule has 0 aliphatic rings. The van der Waals surface area contributed by atoms with Crippen LogP contribution in [0, 0.1) is 12.8 Å². The van der Waals surface area contributed by atoms with Gasteiger partial charge in [-0.15, -0.1) is 0 Å². The summed E-state index contributed by atoms with van der Waals surface area (Å²) in [6.45, 7) is 4.88. The van der Waals surface area contributed by atoms with Crippen LogP contribution in [-0.2, 0) is 0 Å². The van der Waals surface area contributed by atoms with Crippen molar-refractivity contribution < 1.29 is 9.90 Å². The fourth-order valence-electron chi connectivity index (χ4n) is 1.35. The van der Waals surface area contributed by atoms with Gasteiger partial charge in [0.05, 0.1) is 0 Å². The van der Waals surface area contributed by atoms with Crippen molar-refractivity contribution in [3.8, 4) is 5.75 Å². The van der Waals surface area contributed by atoms with Crippen LogP contribution in [0.3, 0.4) is 0 Å². The average Bonchev–Trinajstić information content (AvgIpc) is 2.25. The number of hydrogen-bond acceptors (Lipinski definition) is 3. The average molecular weight is 222 g/mol. The third-order valence-electron chi connectivity index (χ3n) is 2.47. The molecule has 0 fully saturated rings. The first-order valence-electron chi connectivity index (χ1n) is 5.32. The first kappa shape index (κ1) is 12.5. The third-order valence-corrected chi connectivity index (χ3v) is 2.47. The number of carbonyl (C=O) groups excluding carboxylic acids is 1. The second-order valence-electron chi connectivity index (χ2n) is 4.05. The topological polar surface area (TPSA) is 75.3 Å². The van der Waals surface area contributed by atoms with Crippen molar-refractivity contribution in [3.63, 3.8) is 0 Å². The van der Waals surface area contributed by atoms with Crippen LogP contribution in [0.4, 0.5) is 0 Å². The monoisotopic (exact) mass is 222 g/mol. The van der Waals surface area contributed by atoms with Crippen molar-refractivity contribution in [1.82, 2.24) is 5.32 Å². The molecule has 0 heterocycles. The lowest BCUT2D eigenvalue weighted by Crippen LogP contribution is -2.31. The Kier molecular flexibility index (Phi) is 4.31. The Balaban J connectivity index is 2.66. The minimum atomic E-state index is -0.127. The smallest absolute Gasteiger partial charge is 0.251 e. The molecule has 16 heavy (non-hydrogen) atoms. The molecular formula is C12H18N2O2. The molecule has 1 rings (SSSR count). The van der Waals surface area contributed by atoms with Gasteiger partial charge in [-0.1, -0.05) is 6.92 Å². The van der Waals surface area contributed by atoms with Crippen LogP contribution in [0.2, 0.25) is 0 Å². The van der Waals surface area contributed by atoms with Crippen molar-refractivity contribution in [2.24, 2.45) is 11.7 Å². The highest BCUT2D eigenvalue weighted by Crippen LogP contribution is 2.15. The van der Waals surface area contributed by atoms with Crippen molar-refractivity contribution in [1.29, 1.82) is 0 Å². The number of carbonyl (C=O) groups is 1. The van der Waals surface area contributed by atoms with Crippen LogP contribution in [-0.4, -0.2) is 24.1 Å². The van der Waals surface area contributed by atoms with E-state index >= 15 is 0 Å². The largest absolute Gasteiger partial charge is 0.508 e. The Labute approximate surface area is 95.5 Å². The van der Waals surface area contributed by atoms with Crippen molar-refractivity contribution in [2.45, 2.75) is 13.8 Å². The predicted octanol–water partition coefficient (Wildman–Crippen LogP) is 1.03. The molecule has 0 aromatic heterocycles. The summed E-state index contributed by atoms with van der Waals surface area (Å²) < 4.78 is 0. The van der Waals surface area contributed by atoms with Crippen molar-refractivity contribution in [2.75, 3.05) is 13.1 Å². The zero-order chi connectivity index (χ0) is 12.1. The number of phenolic OH excluding ortho intramolecular Hbond substituents is 1. The number of nitrogens with two attached hydrogens (primary N) is 1. The van der Waals surface area contributed by atoms with E-state index in [1.807, 2.05) is 6.92 Å². The molecule has 1 atom stereocenters. The molecule has 0 bridgehead atoms. The minimum Gasteiger partial charge on any atom is -0.508 e. The van der Waals surface area contributed by atoms with Crippen molar-refractivity contribution in [3.05, 3.63) is 29.3 Å². The molecule has 1 aromatic rings. The summed E-state index contributed by atoms with van der Waals surface area (Å²) >= 11 is 0. The van der Waals surface area contributed by atoms with Gasteiger partial charge < -0.3 is 16.2 Å². The normalized spacial score (nSPS) is 12.2. The molecule has 4 nitrogen and oxygen atoms in total. The first-order valence-corrected chi connectivity index (χ1v) is 5.32. The van der Waals surface area contributed by atoms with Crippen molar-refractivity contribution >= 4 is 5.91 Å². The molecule has 88 valence electrons. The van der Waals surface area contributed by atoms with E-state index in [4.69, 9.17) is 5.73 Å². The number of hydrogen-bond donors (Lipinski definition) is 3. The fraction of sp³-hybridized carbons (Fsp3) is 0.417. The second kappa shape index (κ2) is 5.51. The van der Waals surface area contributed by atoms with Crippen LogP contribution in [0.15, 0.2) is 18.2 Å². The van der Waals surface area contributed by atoms with E-state index in [2.05, 4.69) is 5.32 Å². The van der Waals surface area contributed by atoms with E-state index in [1.165, 1.54) is 6.07 Å². The van der Waals surface area contributed by atoms with Crippen LogP contribution in [0.25, 0.3) is 0 Å². The van der Waals surface area contributed by atoms with Gasteiger partial charge in [-0.25, -0.2) is 0 Å². The Morgan fingerprint density at radius 3 is 2.81 bits per heavy atom. The SMILES string of the molecule is Cc1cc(O)ccc1C(=O)NCC(C)CN. The van der Waals surface area contributed by atoms with E-state index < -0.39 is 0 Å². The van der Waals surface area contributed by atoms with Gasteiger partial charge in [0.1, 0.15) is 5.75 Å². The van der Waals surface area contributed by atoms with E-state index in [9.17, 15) is 9.90 Å². The highest BCUT2D eigenvalue weighted by molar-refractivity contribution is 5.95. The maximum atomic E-state index is 11.8. The van der Waals surface area contributed by atoms with Gasteiger partial charge >= 0.3 is 0 Å². The molecule has 4 heteroatoms. The molecule has 1 aromatic carbocycles. The van der Waals surface area contributed by atoms with E-state index in [0.717, 1.165) is 5.56 Å². The van der Waals surface area contributed by atoms with Gasteiger partial charge in [-0.2, -0.15) is 0 Å². The van der Waals surface area contributed by atoms with Crippen LogP contribution >= 0.6 is 0 Å². The van der Waals surface area contributed by atoms with E-state index in [-0.39, 0.29) is 17.6 Å². The quantitative estimate of drug-likeness (QED) is 0.712. The van der Waals surface area contributed by atoms with Crippen LogP contribution in [0.5, 0.6) is 5.75 Å². The summed E-state index contributed by atoms with van der Waals surface area (Å²) in [6.07, 6.45) is 0. The lowest BCUT2D eigenvalue weighted by Gasteiger charge is -2.11. The molecule has 0 aliphatic heterocycles. The summed E-state index contributed by atoms with van der Waals surface area (Å²) in [5.74, 6) is 0.309. The Morgan fingerprint density at radius 2 is 2.25 bits per heavy atom. The summed E-state index contributed by atoms with van der Waals surface area (Å²) in [6, 6.07) is 4.70. The summed E-state index contributed by atoms with van der Waals surface area (Å²) in [7, 11) is 0. The zero-order valence-corrected chi connectivity index (χ0v) is 9.66. The molecule has 0 radical (unpaired) electrons. The number of nitrogens with one attached hydrogen (secondary N) is 1. The lowest BCUT2D eigenvalue weighted by atomic mass is 10.1. The number of rotatable bonds is 4. The second-order valence-corrected chi connectivity index (χ2v) is 4.05. The summed E-state index contributed by atoms with van der Waals surface area (Å²) in [5, 5.41) is 12.0. The van der Waals surface area contributed by atoms with Gasteiger partial charge in [-0.3, -0.25) is 4.79 Å². The molecular weight excluding hydrogens is 204 g/mol. The molecule has 0 saturated heterocycles. The maximum absolute atomic E-state index is 11.8. The van der Waals surface area contributed by atoms with Gasteiger partial charge in [0, 0.05) is 12.1 Å². The van der Waals surface area contributed by atoms with Gasteiger partial charge in [0.25, 0.3) is 5.91 Å². The van der Waals surface area contributed by atoms with Gasteiger partial charge in [0.15, 0.2) is 0 Å². The van der Waals surface area contributed by atoms with Crippen LogP contribution < -0.4 is 11.1 Å². The number of aromatic hydroxyl groups is 1. The molecule has 0 saturated carbocycles. The Bertz CT molecular complexity index is 377.